The third-order valence-corrected chi connectivity index (χ3v) is 11.7. The molecule has 0 saturated carbocycles. The van der Waals surface area contributed by atoms with Gasteiger partial charge in [0, 0.05) is 17.7 Å². The number of aromatic nitrogens is 2. The van der Waals surface area contributed by atoms with Crippen LogP contribution in [0, 0.1) is 19.4 Å². The lowest BCUT2D eigenvalue weighted by Crippen LogP contribution is -2.53. The van der Waals surface area contributed by atoms with Gasteiger partial charge in [0.05, 0.1) is 0 Å². The van der Waals surface area contributed by atoms with Crippen molar-refractivity contribution in [2.45, 2.75) is 90.4 Å². The Hall–Kier alpha value is -1.52. The zero-order valence-corrected chi connectivity index (χ0v) is 22.5. The third-order valence-electron chi connectivity index (χ3n) is 6.25. The highest BCUT2D eigenvalue weighted by molar-refractivity contribution is 6.74. The van der Waals surface area contributed by atoms with Gasteiger partial charge in [-0.3, -0.25) is 23.9 Å². The fourth-order valence-corrected chi connectivity index (χ4v) is 5.31. The molecule has 4 unspecified atom stereocenters. The first-order valence-corrected chi connectivity index (χ1v) is 17.0. The highest BCUT2D eigenvalue weighted by atomic mass is 28.4. The number of nitrogens with zero attached hydrogens (tertiary/aromatic N) is 2. The first-order chi connectivity index (χ1) is 13.9. The quantitative estimate of drug-likeness (QED) is 0.507. The van der Waals surface area contributed by atoms with Crippen molar-refractivity contribution in [3.05, 3.63) is 44.0 Å². The van der Waals surface area contributed by atoms with Crippen molar-refractivity contribution < 1.29 is 13.6 Å². The monoisotopic (exact) mass is 467 g/mol. The Morgan fingerprint density at radius 2 is 1.84 bits per heavy atom. The van der Waals surface area contributed by atoms with Crippen LogP contribution >= 0.6 is 0 Å². The van der Waals surface area contributed by atoms with E-state index in [0.29, 0.717) is 5.56 Å². The van der Waals surface area contributed by atoms with Gasteiger partial charge in [-0.15, -0.1) is 0 Å². The van der Waals surface area contributed by atoms with Crippen LogP contribution in [0.15, 0.2) is 15.8 Å². The van der Waals surface area contributed by atoms with E-state index in [1.54, 1.807) is 6.92 Å². The van der Waals surface area contributed by atoms with Crippen molar-refractivity contribution in [3.63, 3.8) is 0 Å². The average molecular weight is 468 g/mol. The summed E-state index contributed by atoms with van der Waals surface area (Å²) in [6.45, 7) is 28.6. The Kier molecular flexibility index (Phi) is 7.01. The number of H-pyrrole nitrogens is 1. The highest BCUT2D eigenvalue weighted by Gasteiger charge is 2.63. The number of hydrogen-bond donors (Lipinski definition) is 1. The van der Waals surface area contributed by atoms with Gasteiger partial charge in [-0.25, -0.2) is 11.4 Å². The van der Waals surface area contributed by atoms with Gasteiger partial charge in [-0.1, -0.05) is 27.7 Å². The molecule has 0 amide bonds. The molecule has 31 heavy (non-hydrogen) atoms. The zero-order valence-electron chi connectivity index (χ0n) is 20.5. The summed E-state index contributed by atoms with van der Waals surface area (Å²) in [4.78, 5) is 30.7. The summed E-state index contributed by atoms with van der Waals surface area (Å²) in [5.74, 6) is -0.309. The van der Waals surface area contributed by atoms with Gasteiger partial charge in [0.2, 0.25) is 0 Å². The molecule has 2 heterocycles. The van der Waals surface area contributed by atoms with Crippen molar-refractivity contribution in [2.24, 2.45) is 5.92 Å². The molecule has 0 spiro atoms. The first-order valence-electron chi connectivity index (χ1n) is 10.6. The van der Waals surface area contributed by atoms with E-state index < -0.39 is 45.9 Å². The number of nitrogens with one attached hydrogen (secondary N) is 1. The maximum absolute atomic E-state index is 12.6. The van der Waals surface area contributed by atoms with Crippen LogP contribution in [0.1, 0.15) is 39.5 Å². The lowest BCUT2D eigenvalue weighted by molar-refractivity contribution is -0.0941. The molecular weight excluding hydrogens is 430 g/mol. The SMILES string of the molecule is [C-]#[N+]C1(CO[Si](C)(C)C)OC(n2cc(C)c(=O)[nH]c2=O)C(C)C1O[Si](C)(C)C(C)(C)C. The number of ether oxygens (including phenoxy) is 1. The largest absolute Gasteiger partial charge is 0.407 e. The van der Waals surface area contributed by atoms with Crippen LogP contribution in [-0.4, -0.2) is 44.6 Å². The Balaban J connectivity index is 2.58. The van der Waals surface area contributed by atoms with E-state index in [2.05, 4.69) is 63.3 Å². The summed E-state index contributed by atoms with van der Waals surface area (Å²) >= 11 is 0. The minimum absolute atomic E-state index is 0.0659. The maximum Gasteiger partial charge on any atom is 0.386 e. The Morgan fingerprint density at radius 1 is 1.26 bits per heavy atom. The van der Waals surface area contributed by atoms with Gasteiger partial charge in [-0.05, 0) is 44.7 Å². The molecule has 0 aromatic carbocycles. The minimum atomic E-state index is -2.27. The second-order valence-electron chi connectivity index (χ2n) is 11.0. The second-order valence-corrected chi connectivity index (χ2v) is 20.3. The molecule has 1 aromatic heterocycles. The van der Waals surface area contributed by atoms with Gasteiger partial charge in [0.1, 0.15) is 6.61 Å². The van der Waals surface area contributed by atoms with Crippen LogP contribution < -0.4 is 11.2 Å². The van der Waals surface area contributed by atoms with E-state index in [1.807, 2.05) is 6.92 Å². The number of aromatic amines is 1. The fourth-order valence-electron chi connectivity index (χ4n) is 3.28. The lowest BCUT2D eigenvalue weighted by Gasteiger charge is -2.40. The predicted octanol–water partition coefficient (Wildman–Crippen LogP) is 3.87. The molecule has 174 valence electrons. The number of hydrogen-bond acceptors (Lipinski definition) is 5. The van der Waals surface area contributed by atoms with Crippen molar-refractivity contribution in [1.29, 1.82) is 0 Å². The molecule has 0 bridgehead atoms. The summed E-state index contributed by atoms with van der Waals surface area (Å²) in [5.41, 5.74) is -1.97. The zero-order chi connectivity index (χ0) is 24.0. The minimum Gasteiger partial charge on any atom is -0.407 e. The number of aryl methyl sites for hydroxylation is 1. The third kappa shape index (κ3) is 5.28. The topological polar surface area (TPSA) is 86.9 Å². The van der Waals surface area contributed by atoms with E-state index in [-0.39, 0.29) is 17.6 Å². The molecule has 1 aromatic rings. The molecule has 1 aliphatic rings. The van der Waals surface area contributed by atoms with Crippen LogP contribution in [0.2, 0.25) is 37.8 Å². The van der Waals surface area contributed by atoms with Crippen LogP contribution in [0.5, 0.6) is 0 Å². The van der Waals surface area contributed by atoms with Gasteiger partial charge < -0.3 is 8.85 Å². The van der Waals surface area contributed by atoms with Crippen molar-refractivity contribution in [3.8, 4) is 0 Å². The smallest absolute Gasteiger partial charge is 0.386 e. The van der Waals surface area contributed by atoms with E-state index in [9.17, 15) is 9.59 Å². The molecule has 2 rings (SSSR count). The van der Waals surface area contributed by atoms with Gasteiger partial charge in [0.25, 0.3) is 5.56 Å². The Morgan fingerprint density at radius 3 is 2.32 bits per heavy atom. The van der Waals surface area contributed by atoms with Crippen molar-refractivity contribution in [2.75, 3.05) is 6.61 Å². The standard InChI is InChI=1S/C21H37N3O5Si2/c1-14-12-24(19(26)23-17(14)25)18-15(2)16(29-31(10,11)20(3,4)5)21(22-6,28-18)13-27-30(7,8)9/h12,15-16,18H,13H2,1-5,7-11H3,(H,23,25,26). The van der Waals surface area contributed by atoms with Gasteiger partial charge >= 0.3 is 11.4 Å². The summed E-state index contributed by atoms with van der Waals surface area (Å²) in [7, 11) is -4.22. The van der Waals surface area contributed by atoms with E-state index >= 15 is 0 Å². The Bertz CT molecular complexity index is 967. The average Bonchev–Trinajstić information content (AvgIpc) is 2.87. The molecule has 1 aliphatic heterocycles. The molecule has 1 N–H and O–H groups in total. The summed E-state index contributed by atoms with van der Waals surface area (Å²) in [6.07, 6.45) is 0.161. The second kappa shape index (κ2) is 8.44. The molecule has 10 heteroatoms. The maximum atomic E-state index is 12.6. The molecule has 1 fully saturated rings. The van der Waals surface area contributed by atoms with Crippen LogP contribution in [-0.2, 0) is 13.6 Å². The molecule has 1 saturated heterocycles. The summed E-state index contributed by atoms with van der Waals surface area (Å²) in [5, 5.41) is -0.0659. The van der Waals surface area contributed by atoms with Crippen molar-refractivity contribution in [1.82, 2.24) is 9.55 Å². The number of rotatable bonds is 6. The Labute approximate surface area is 187 Å². The van der Waals surface area contributed by atoms with E-state index in [4.69, 9.17) is 20.2 Å². The lowest BCUT2D eigenvalue weighted by atomic mass is 9.98. The van der Waals surface area contributed by atoms with Crippen LogP contribution in [0.3, 0.4) is 0 Å². The highest BCUT2D eigenvalue weighted by Crippen LogP contribution is 2.48. The van der Waals surface area contributed by atoms with Gasteiger partial charge in [-0.2, -0.15) is 0 Å². The fraction of sp³-hybridized carbons (Fsp3) is 0.762. The van der Waals surface area contributed by atoms with E-state index in [0.717, 1.165) is 0 Å². The van der Waals surface area contributed by atoms with Gasteiger partial charge in [0.15, 0.2) is 29.0 Å². The molecule has 0 aliphatic carbocycles. The van der Waals surface area contributed by atoms with Crippen LogP contribution in [0.4, 0.5) is 0 Å². The first kappa shape index (κ1) is 25.7. The molecule has 8 nitrogen and oxygen atoms in total. The summed E-state index contributed by atoms with van der Waals surface area (Å²) in [6, 6.07) is 0. The summed E-state index contributed by atoms with van der Waals surface area (Å²) < 4.78 is 20.6. The van der Waals surface area contributed by atoms with E-state index in [1.165, 1.54) is 10.8 Å². The van der Waals surface area contributed by atoms with Crippen LogP contribution in [0.25, 0.3) is 4.85 Å². The molecule has 4 atom stereocenters. The molecule has 0 radical (unpaired) electrons. The molecular formula is C21H37N3O5Si2. The normalized spacial score (nSPS) is 27.3. The van der Waals surface area contributed by atoms with Crippen molar-refractivity contribution >= 4 is 16.6 Å². The predicted molar refractivity (Wildman–Crippen MR) is 126 cm³/mol.